The number of alkyl halides is 1. The molecule has 0 radical (unpaired) electrons. The fraction of sp³-hybridized carbons (Fsp3) is 0.500. The van der Waals surface area contributed by atoms with E-state index in [1.165, 1.54) is 0 Å². The van der Waals surface area contributed by atoms with Gasteiger partial charge in [-0.05, 0) is 33.0 Å². The molecule has 3 aromatic rings. The summed E-state index contributed by atoms with van der Waals surface area (Å²) in [5.74, 6) is 0.949. The first kappa shape index (κ1) is 23.7. The minimum atomic E-state index is -0.591. The Morgan fingerprint density at radius 2 is 1.97 bits per heavy atom. The summed E-state index contributed by atoms with van der Waals surface area (Å²) in [5.41, 5.74) is 1.17. The highest BCUT2D eigenvalue weighted by molar-refractivity contribution is 6.32. The van der Waals surface area contributed by atoms with Crippen molar-refractivity contribution in [3.63, 3.8) is 0 Å². The Morgan fingerprint density at radius 3 is 2.74 bits per heavy atom. The molecule has 186 valence electrons. The molecule has 0 saturated carbocycles. The minimum Gasteiger partial charge on any atom is -0.353 e. The molecule has 0 spiro atoms. The van der Waals surface area contributed by atoms with Gasteiger partial charge in [0.1, 0.15) is 17.3 Å². The van der Waals surface area contributed by atoms with Crippen LogP contribution in [0.15, 0.2) is 36.8 Å². The smallest absolute Gasteiger partial charge is 0.227 e. The van der Waals surface area contributed by atoms with Crippen molar-refractivity contribution in [3.8, 4) is 0 Å². The molecule has 1 unspecified atom stereocenters. The zero-order valence-electron chi connectivity index (χ0n) is 20.2. The molecule has 3 aromatic heterocycles. The maximum absolute atomic E-state index is 13.4. The lowest BCUT2D eigenvalue weighted by molar-refractivity contribution is -0.127. The molecule has 1 N–H and O–H groups in total. The average Bonchev–Trinajstić information content (AvgIpc) is 3.25. The van der Waals surface area contributed by atoms with E-state index in [0.29, 0.717) is 36.4 Å². The first-order valence-corrected chi connectivity index (χ1v) is 12.2. The number of amides is 1. The third-order valence-corrected chi connectivity index (χ3v) is 7.26. The second-order valence-electron chi connectivity index (χ2n) is 9.86. The van der Waals surface area contributed by atoms with Gasteiger partial charge in [-0.3, -0.25) is 9.69 Å². The lowest BCUT2D eigenvalue weighted by Crippen LogP contribution is -2.57. The van der Waals surface area contributed by atoms with Crippen molar-refractivity contribution in [2.75, 3.05) is 56.2 Å². The number of imidazole rings is 1. The SMILES string of the molecule is CN1CCN(c2ncc(Cl)c(N3CC(C(=O)NC(C)(C)c4cnc5ccccn45)C3)n2)CC1CF. The van der Waals surface area contributed by atoms with Gasteiger partial charge < -0.3 is 19.5 Å². The first-order valence-electron chi connectivity index (χ1n) is 11.8. The molecule has 2 aliphatic heterocycles. The summed E-state index contributed by atoms with van der Waals surface area (Å²) in [5, 5.41) is 3.62. The van der Waals surface area contributed by atoms with E-state index in [2.05, 4.69) is 20.3 Å². The van der Waals surface area contributed by atoms with E-state index in [1.54, 1.807) is 12.4 Å². The summed E-state index contributed by atoms with van der Waals surface area (Å²) < 4.78 is 15.4. The number of anilines is 2. The zero-order chi connectivity index (χ0) is 24.7. The molecular weight excluding hydrogens is 471 g/mol. The van der Waals surface area contributed by atoms with Gasteiger partial charge >= 0.3 is 0 Å². The number of aromatic nitrogens is 4. The molecule has 35 heavy (non-hydrogen) atoms. The number of halogens is 2. The van der Waals surface area contributed by atoms with Gasteiger partial charge in [0.05, 0.1) is 35.6 Å². The Labute approximate surface area is 208 Å². The molecule has 0 aliphatic carbocycles. The molecule has 1 atom stereocenters. The second kappa shape index (κ2) is 9.23. The standard InChI is InChI=1S/C24H30ClFN8O/c1-24(2,19-12-27-20-6-4-5-7-34(19)20)30-22(35)16-13-33(14-16)21-18(25)11-28-23(29-21)32-9-8-31(3)17(10-26)15-32/h4-7,11-12,16-17H,8-10,13-15H2,1-3H3,(H,30,35). The van der Waals surface area contributed by atoms with Crippen LogP contribution < -0.4 is 15.1 Å². The van der Waals surface area contributed by atoms with Crippen LogP contribution in [0.25, 0.3) is 5.65 Å². The molecule has 5 heterocycles. The van der Waals surface area contributed by atoms with E-state index in [9.17, 15) is 9.18 Å². The number of nitrogens with one attached hydrogen (secondary N) is 1. The maximum atomic E-state index is 13.4. The second-order valence-corrected chi connectivity index (χ2v) is 10.3. The van der Waals surface area contributed by atoms with E-state index in [0.717, 1.165) is 24.4 Å². The van der Waals surface area contributed by atoms with Gasteiger partial charge in [0, 0.05) is 38.9 Å². The van der Waals surface area contributed by atoms with Gasteiger partial charge in [-0.2, -0.15) is 4.98 Å². The molecule has 5 rings (SSSR count). The normalized spacial score (nSPS) is 19.7. The number of hydrogen-bond acceptors (Lipinski definition) is 7. The monoisotopic (exact) mass is 500 g/mol. The van der Waals surface area contributed by atoms with E-state index in [1.807, 2.05) is 64.4 Å². The topological polar surface area (TPSA) is 81.9 Å². The van der Waals surface area contributed by atoms with Crippen molar-refractivity contribution in [3.05, 3.63) is 47.5 Å². The maximum Gasteiger partial charge on any atom is 0.227 e. The highest BCUT2D eigenvalue weighted by atomic mass is 35.5. The summed E-state index contributed by atoms with van der Waals surface area (Å²) in [6.07, 6.45) is 5.33. The van der Waals surface area contributed by atoms with Crippen LogP contribution in [0.5, 0.6) is 0 Å². The van der Waals surface area contributed by atoms with Crippen LogP contribution in [0.1, 0.15) is 19.5 Å². The van der Waals surface area contributed by atoms with Crippen LogP contribution in [-0.4, -0.2) is 82.6 Å². The Morgan fingerprint density at radius 1 is 1.17 bits per heavy atom. The van der Waals surface area contributed by atoms with Crippen molar-refractivity contribution < 1.29 is 9.18 Å². The zero-order valence-corrected chi connectivity index (χ0v) is 20.9. The Balaban J connectivity index is 1.24. The van der Waals surface area contributed by atoms with Gasteiger partial charge in [-0.1, -0.05) is 17.7 Å². The van der Waals surface area contributed by atoms with Gasteiger partial charge in [-0.15, -0.1) is 0 Å². The molecule has 2 saturated heterocycles. The molecule has 2 fully saturated rings. The Bertz CT molecular complexity index is 1230. The Kier molecular flexibility index (Phi) is 6.27. The average molecular weight is 501 g/mol. The molecule has 0 bridgehead atoms. The molecule has 1 amide bonds. The van der Waals surface area contributed by atoms with Crippen molar-refractivity contribution >= 4 is 34.9 Å². The van der Waals surface area contributed by atoms with Gasteiger partial charge in [-0.25, -0.2) is 14.4 Å². The fourth-order valence-electron chi connectivity index (χ4n) is 4.70. The molecule has 2 aliphatic rings. The predicted octanol–water partition coefficient (Wildman–Crippen LogP) is 2.36. The summed E-state index contributed by atoms with van der Waals surface area (Å²) in [7, 11) is 1.93. The molecule has 11 heteroatoms. The molecule has 0 aromatic carbocycles. The van der Waals surface area contributed by atoms with Crippen LogP contribution in [0, 0.1) is 5.92 Å². The Hall–Kier alpha value is -2.98. The summed E-state index contributed by atoms with van der Waals surface area (Å²) in [6.45, 7) is 6.56. The van der Waals surface area contributed by atoms with Crippen LogP contribution in [0.4, 0.5) is 16.2 Å². The quantitative estimate of drug-likeness (QED) is 0.556. The highest BCUT2D eigenvalue weighted by Crippen LogP contribution is 2.32. The van der Waals surface area contributed by atoms with Crippen LogP contribution in [0.2, 0.25) is 5.02 Å². The number of likely N-dealkylation sites (N-methyl/N-ethyl adjacent to an activating group) is 1. The number of fused-ring (bicyclic) bond motifs is 1. The van der Waals surface area contributed by atoms with E-state index in [4.69, 9.17) is 11.6 Å². The third-order valence-electron chi connectivity index (χ3n) is 7.00. The summed E-state index contributed by atoms with van der Waals surface area (Å²) >= 11 is 6.41. The number of carbonyl (C=O) groups is 1. The van der Waals surface area contributed by atoms with Crippen molar-refractivity contribution in [1.29, 1.82) is 0 Å². The van der Waals surface area contributed by atoms with E-state index < -0.39 is 12.2 Å². The summed E-state index contributed by atoms with van der Waals surface area (Å²) in [6, 6.07) is 5.64. The summed E-state index contributed by atoms with van der Waals surface area (Å²) in [4.78, 5) is 32.6. The highest BCUT2D eigenvalue weighted by Gasteiger charge is 2.38. The molecule has 9 nitrogen and oxygen atoms in total. The van der Waals surface area contributed by atoms with Gasteiger partial charge in [0.2, 0.25) is 11.9 Å². The minimum absolute atomic E-state index is 0.0209. The number of piperazine rings is 1. The van der Waals surface area contributed by atoms with Gasteiger partial charge in [0.25, 0.3) is 0 Å². The van der Waals surface area contributed by atoms with Crippen molar-refractivity contribution in [2.45, 2.75) is 25.4 Å². The van der Waals surface area contributed by atoms with Crippen molar-refractivity contribution in [2.24, 2.45) is 5.92 Å². The largest absolute Gasteiger partial charge is 0.353 e. The lowest BCUT2D eigenvalue weighted by Gasteiger charge is -2.42. The number of nitrogens with zero attached hydrogens (tertiary/aromatic N) is 7. The number of pyridine rings is 1. The van der Waals surface area contributed by atoms with Crippen LogP contribution in [-0.2, 0) is 10.3 Å². The van der Waals surface area contributed by atoms with Crippen LogP contribution >= 0.6 is 11.6 Å². The third kappa shape index (κ3) is 4.52. The lowest BCUT2D eigenvalue weighted by atomic mass is 9.95. The fourth-order valence-corrected chi connectivity index (χ4v) is 4.91. The number of rotatable bonds is 6. The van der Waals surface area contributed by atoms with Crippen molar-refractivity contribution in [1.82, 2.24) is 29.6 Å². The van der Waals surface area contributed by atoms with E-state index in [-0.39, 0.29) is 17.9 Å². The number of hydrogen-bond donors (Lipinski definition) is 1. The van der Waals surface area contributed by atoms with Gasteiger partial charge in [0.15, 0.2) is 5.82 Å². The predicted molar refractivity (Wildman–Crippen MR) is 134 cm³/mol. The van der Waals surface area contributed by atoms with Crippen LogP contribution in [0.3, 0.4) is 0 Å². The first-order chi connectivity index (χ1) is 16.8. The van der Waals surface area contributed by atoms with E-state index >= 15 is 0 Å². The number of carbonyl (C=O) groups excluding carboxylic acids is 1. The molecular formula is C24H30ClFN8O.